The maximum atomic E-state index is 6.07. The van der Waals surface area contributed by atoms with Gasteiger partial charge >= 0.3 is 0 Å². The fourth-order valence-corrected chi connectivity index (χ4v) is 2.71. The van der Waals surface area contributed by atoms with Gasteiger partial charge < -0.3 is 9.73 Å². The maximum absolute atomic E-state index is 6.07. The summed E-state index contributed by atoms with van der Waals surface area (Å²) in [7, 11) is 0. The molecule has 0 amide bonds. The number of hydrogen-bond donors (Lipinski definition) is 1. The Morgan fingerprint density at radius 3 is 2.62 bits per heavy atom. The van der Waals surface area contributed by atoms with E-state index in [-0.39, 0.29) is 0 Å². The quantitative estimate of drug-likeness (QED) is 0.790. The molecule has 0 unspecified atom stereocenters. The zero-order chi connectivity index (χ0) is 15.2. The number of para-hydroxylation sites is 1. The molecule has 1 aromatic heterocycles. The summed E-state index contributed by atoms with van der Waals surface area (Å²) < 4.78 is 6.07. The van der Waals surface area contributed by atoms with Gasteiger partial charge in [0.15, 0.2) is 0 Å². The van der Waals surface area contributed by atoms with Crippen LogP contribution in [0.2, 0.25) is 0 Å². The van der Waals surface area contributed by atoms with Gasteiger partial charge in [-0.3, -0.25) is 4.90 Å². The first kappa shape index (κ1) is 16.1. The molecule has 3 nitrogen and oxygen atoms in total. The molecule has 0 aliphatic rings. The molecule has 0 saturated heterocycles. The van der Waals surface area contributed by atoms with Gasteiger partial charge in [0.05, 0.1) is 6.54 Å². The molecule has 0 atom stereocenters. The third kappa shape index (κ3) is 3.86. The van der Waals surface area contributed by atoms with Gasteiger partial charge in [-0.25, -0.2) is 0 Å². The fourth-order valence-electron chi connectivity index (χ4n) is 2.71. The van der Waals surface area contributed by atoms with Crippen LogP contribution in [-0.4, -0.2) is 24.0 Å². The molecule has 0 aliphatic carbocycles. The minimum absolute atomic E-state index is 0.547. The summed E-state index contributed by atoms with van der Waals surface area (Å²) in [6, 6.07) is 8.92. The van der Waals surface area contributed by atoms with E-state index in [4.69, 9.17) is 4.42 Å². The van der Waals surface area contributed by atoms with Crippen LogP contribution in [0.4, 0.5) is 0 Å². The van der Waals surface area contributed by atoms with Crippen molar-refractivity contribution in [2.24, 2.45) is 0 Å². The zero-order valence-corrected chi connectivity index (χ0v) is 13.8. The molecule has 0 spiro atoms. The third-order valence-electron chi connectivity index (χ3n) is 3.92. The van der Waals surface area contributed by atoms with Crippen molar-refractivity contribution in [3.05, 3.63) is 35.6 Å². The molecule has 116 valence electrons. The van der Waals surface area contributed by atoms with Gasteiger partial charge in [0.2, 0.25) is 0 Å². The molecule has 0 fully saturated rings. The highest BCUT2D eigenvalue weighted by Gasteiger charge is 2.17. The molecule has 1 heterocycles. The SMILES string of the molecule is CCCN(Cc1c(CNCC)oc2ccccc12)C(C)C. The lowest BCUT2D eigenvalue weighted by molar-refractivity contribution is 0.212. The van der Waals surface area contributed by atoms with Crippen LogP contribution < -0.4 is 5.32 Å². The summed E-state index contributed by atoms with van der Waals surface area (Å²) >= 11 is 0. The first-order valence-electron chi connectivity index (χ1n) is 8.11. The first-order chi connectivity index (χ1) is 10.2. The van der Waals surface area contributed by atoms with E-state index in [1.54, 1.807) is 0 Å². The number of furan rings is 1. The Kier molecular flexibility index (Phi) is 5.83. The second kappa shape index (κ2) is 7.62. The second-order valence-corrected chi connectivity index (χ2v) is 5.84. The Bertz CT molecular complexity index is 559. The summed E-state index contributed by atoms with van der Waals surface area (Å²) in [5.41, 5.74) is 2.34. The predicted molar refractivity (Wildman–Crippen MR) is 89.4 cm³/mol. The van der Waals surface area contributed by atoms with Crippen LogP contribution in [0.5, 0.6) is 0 Å². The molecule has 0 aliphatic heterocycles. The number of nitrogens with zero attached hydrogens (tertiary/aromatic N) is 1. The van der Waals surface area contributed by atoms with Gasteiger partial charge in [-0.15, -0.1) is 0 Å². The van der Waals surface area contributed by atoms with E-state index >= 15 is 0 Å². The molecule has 0 bridgehead atoms. The smallest absolute Gasteiger partial charge is 0.134 e. The van der Waals surface area contributed by atoms with E-state index in [9.17, 15) is 0 Å². The molecule has 1 N–H and O–H groups in total. The number of fused-ring (bicyclic) bond motifs is 1. The predicted octanol–water partition coefficient (Wildman–Crippen LogP) is 4.16. The maximum Gasteiger partial charge on any atom is 0.134 e. The van der Waals surface area contributed by atoms with Crippen molar-refractivity contribution < 1.29 is 4.42 Å². The van der Waals surface area contributed by atoms with Crippen molar-refractivity contribution in [3.63, 3.8) is 0 Å². The largest absolute Gasteiger partial charge is 0.459 e. The Morgan fingerprint density at radius 2 is 1.95 bits per heavy atom. The van der Waals surface area contributed by atoms with Crippen molar-refractivity contribution in [3.8, 4) is 0 Å². The van der Waals surface area contributed by atoms with Crippen LogP contribution in [0.15, 0.2) is 28.7 Å². The first-order valence-corrected chi connectivity index (χ1v) is 8.11. The van der Waals surface area contributed by atoms with E-state index in [0.29, 0.717) is 6.04 Å². The van der Waals surface area contributed by atoms with E-state index in [1.165, 1.54) is 17.4 Å². The third-order valence-corrected chi connectivity index (χ3v) is 3.92. The molecule has 2 aromatic rings. The van der Waals surface area contributed by atoms with Gasteiger partial charge in [-0.05, 0) is 39.4 Å². The van der Waals surface area contributed by atoms with E-state index in [2.05, 4.69) is 56.1 Å². The Morgan fingerprint density at radius 1 is 1.19 bits per heavy atom. The van der Waals surface area contributed by atoms with Crippen molar-refractivity contribution >= 4 is 11.0 Å². The van der Waals surface area contributed by atoms with E-state index in [1.807, 2.05) is 6.07 Å². The molecule has 21 heavy (non-hydrogen) atoms. The van der Waals surface area contributed by atoms with Crippen molar-refractivity contribution in [1.82, 2.24) is 10.2 Å². The van der Waals surface area contributed by atoms with Crippen molar-refractivity contribution in [1.29, 1.82) is 0 Å². The summed E-state index contributed by atoms with van der Waals surface area (Å²) in [6.45, 7) is 12.7. The van der Waals surface area contributed by atoms with Crippen LogP contribution in [0, 0.1) is 0 Å². The van der Waals surface area contributed by atoms with Crippen LogP contribution in [0.3, 0.4) is 0 Å². The highest BCUT2D eigenvalue weighted by atomic mass is 16.3. The van der Waals surface area contributed by atoms with Gasteiger partial charge in [0, 0.05) is 23.5 Å². The Labute approximate surface area is 128 Å². The normalized spacial score (nSPS) is 11.9. The Balaban J connectivity index is 2.34. The average molecular weight is 288 g/mol. The van der Waals surface area contributed by atoms with Gasteiger partial charge in [0.25, 0.3) is 0 Å². The minimum atomic E-state index is 0.547. The standard InChI is InChI=1S/C18H28N2O/c1-5-11-20(14(3)4)13-16-15-9-7-8-10-17(15)21-18(16)12-19-6-2/h7-10,14,19H,5-6,11-13H2,1-4H3. The van der Waals surface area contributed by atoms with Crippen molar-refractivity contribution in [2.75, 3.05) is 13.1 Å². The molecule has 1 aromatic carbocycles. The molecular weight excluding hydrogens is 260 g/mol. The number of hydrogen-bond acceptors (Lipinski definition) is 3. The molecule has 3 heteroatoms. The summed E-state index contributed by atoms with van der Waals surface area (Å²) in [5.74, 6) is 1.08. The highest BCUT2D eigenvalue weighted by Crippen LogP contribution is 2.27. The fraction of sp³-hybridized carbons (Fsp3) is 0.556. The Hall–Kier alpha value is -1.32. The number of benzene rings is 1. The lowest BCUT2D eigenvalue weighted by atomic mass is 10.1. The number of nitrogens with one attached hydrogen (secondary N) is 1. The van der Waals surface area contributed by atoms with Crippen LogP contribution in [-0.2, 0) is 13.1 Å². The topological polar surface area (TPSA) is 28.4 Å². The molecule has 0 radical (unpaired) electrons. The highest BCUT2D eigenvalue weighted by molar-refractivity contribution is 5.82. The average Bonchev–Trinajstić information content (AvgIpc) is 2.82. The lowest BCUT2D eigenvalue weighted by Gasteiger charge is -2.26. The second-order valence-electron chi connectivity index (χ2n) is 5.84. The van der Waals surface area contributed by atoms with E-state index in [0.717, 1.165) is 37.5 Å². The van der Waals surface area contributed by atoms with Crippen LogP contribution in [0.1, 0.15) is 45.4 Å². The monoisotopic (exact) mass is 288 g/mol. The zero-order valence-electron chi connectivity index (χ0n) is 13.8. The minimum Gasteiger partial charge on any atom is -0.459 e. The van der Waals surface area contributed by atoms with Crippen LogP contribution in [0.25, 0.3) is 11.0 Å². The molecule has 0 saturated carbocycles. The summed E-state index contributed by atoms with van der Waals surface area (Å²) in [6.07, 6.45) is 1.18. The molecule has 2 rings (SSSR count). The lowest BCUT2D eigenvalue weighted by Crippen LogP contribution is -2.31. The van der Waals surface area contributed by atoms with Gasteiger partial charge in [-0.2, -0.15) is 0 Å². The summed E-state index contributed by atoms with van der Waals surface area (Å²) in [5, 5.41) is 4.64. The van der Waals surface area contributed by atoms with Gasteiger partial charge in [-0.1, -0.05) is 32.0 Å². The molecular formula is C18H28N2O. The van der Waals surface area contributed by atoms with E-state index < -0.39 is 0 Å². The summed E-state index contributed by atoms with van der Waals surface area (Å²) in [4.78, 5) is 2.52. The van der Waals surface area contributed by atoms with Crippen LogP contribution >= 0.6 is 0 Å². The number of rotatable bonds is 8. The van der Waals surface area contributed by atoms with Gasteiger partial charge in [0.1, 0.15) is 11.3 Å². The van der Waals surface area contributed by atoms with Crippen molar-refractivity contribution in [2.45, 2.75) is 53.2 Å².